The number of rotatable bonds is 2. The van der Waals surface area contributed by atoms with E-state index >= 15 is 0 Å². The van der Waals surface area contributed by atoms with E-state index in [0.717, 1.165) is 54.5 Å². The van der Waals surface area contributed by atoms with Gasteiger partial charge in [0.05, 0.1) is 12.0 Å². The summed E-state index contributed by atoms with van der Waals surface area (Å²) in [4.78, 5) is 22.4. The molecule has 4 heterocycles. The molecule has 0 N–H and O–H groups in total. The average Bonchev–Trinajstić information content (AvgIpc) is 3.23. The molecular formula is C18H18N4OS. The van der Waals surface area contributed by atoms with Gasteiger partial charge in [-0.15, -0.1) is 11.3 Å². The van der Waals surface area contributed by atoms with Crippen molar-refractivity contribution in [3.63, 3.8) is 0 Å². The summed E-state index contributed by atoms with van der Waals surface area (Å²) in [5, 5.41) is 3.20. The van der Waals surface area contributed by atoms with Gasteiger partial charge in [-0.25, -0.2) is 15.0 Å². The van der Waals surface area contributed by atoms with Gasteiger partial charge < -0.3 is 0 Å². The number of aromatic nitrogens is 3. The van der Waals surface area contributed by atoms with Crippen LogP contribution in [0.1, 0.15) is 29.7 Å². The van der Waals surface area contributed by atoms with Gasteiger partial charge in [-0.1, -0.05) is 0 Å². The molecule has 3 aromatic heterocycles. The number of pyridine rings is 1. The highest BCUT2D eigenvalue weighted by molar-refractivity contribution is 7.19. The van der Waals surface area contributed by atoms with Gasteiger partial charge in [0.15, 0.2) is 11.6 Å². The molecule has 1 aliphatic carbocycles. The lowest BCUT2D eigenvalue weighted by atomic mass is 10.1. The molecule has 0 radical (unpaired) electrons. The first-order chi connectivity index (χ1) is 11.9. The van der Waals surface area contributed by atoms with Crippen molar-refractivity contribution in [3.05, 3.63) is 35.0 Å². The molecule has 1 saturated heterocycles. The van der Waals surface area contributed by atoms with Gasteiger partial charge in [0.25, 0.3) is 0 Å². The molecule has 0 bridgehead atoms. The molecule has 1 fully saturated rings. The van der Waals surface area contributed by atoms with E-state index in [1.807, 2.05) is 34.7 Å². The molecule has 5 nitrogen and oxygen atoms in total. The van der Waals surface area contributed by atoms with Crippen LogP contribution in [0.3, 0.4) is 0 Å². The number of aryl methyl sites for hydroxylation is 2. The molecule has 24 heavy (non-hydrogen) atoms. The Kier molecular flexibility index (Phi) is 3.45. The van der Waals surface area contributed by atoms with E-state index in [4.69, 9.17) is 14.8 Å². The van der Waals surface area contributed by atoms with Crippen molar-refractivity contribution in [2.24, 2.45) is 0 Å². The normalized spacial score (nSPS) is 17.4. The predicted octanol–water partition coefficient (Wildman–Crippen LogP) is 3.77. The summed E-state index contributed by atoms with van der Waals surface area (Å²) in [6, 6.07) is 3.94. The third-order valence-electron chi connectivity index (χ3n) is 4.70. The fraction of sp³-hybridized carbons (Fsp3) is 0.389. The molecule has 0 amide bonds. The zero-order valence-corrected chi connectivity index (χ0v) is 14.2. The van der Waals surface area contributed by atoms with E-state index < -0.39 is 0 Å². The van der Waals surface area contributed by atoms with E-state index in [2.05, 4.69) is 4.98 Å². The van der Waals surface area contributed by atoms with Crippen LogP contribution in [0.4, 0.5) is 5.82 Å². The molecular weight excluding hydrogens is 320 g/mol. The monoisotopic (exact) mass is 338 g/mol. The van der Waals surface area contributed by atoms with Crippen LogP contribution < -0.4 is 5.06 Å². The van der Waals surface area contributed by atoms with E-state index in [1.165, 1.54) is 28.7 Å². The van der Waals surface area contributed by atoms with Crippen LogP contribution in [0.15, 0.2) is 24.5 Å². The fourth-order valence-corrected chi connectivity index (χ4v) is 4.80. The average molecular weight is 338 g/mol. The number of nitrogens with zero attached hydrogens (tertiary/aromatic N) is 4. The molecule has 3 aromatic rings. The highest BCUT2D eigenvalue weighted by Crippen LogP contribution is 2.41. The Morgan fingerprint density at radius 1 is 1.12 bits per heavy atom. The lowest BCUT2D eigenvalue weighted by Gasteiger charge is -2.27. The predicted molar refractivity (Wildman–Crippen MR) is 95.2 cm³/mol. The third kappa shape index (κ3) is 2.29. The second-order valence-electron chi connectivity index (χ2n) is 6.29. The van der Waals surface area contributed by atoms with Crippen LogP contribution in [0.2, 0.25) is 0 Å². The summed E-state index contributed by atoms with van der Waals surface area (Å²) in [5.74, 6) is 1.68. The van der Waals surface area contributed by atoms with Crippen molar-refractivity contribution >= 4 is 27.4 Å². The molecule has 0 saturated carbocycles. The first kappa shape index (κ1) is 14.3. The minimum Gasteiger partial charge on any atom is -0.272 e. The first-order valence-electron chi connectivity index (χ1n) is 8.53. The van der Waals surface area contributed by atoms with Crippen LogP contribution in [0.25, 0.3) is 21.6 Å². The molecule has 5 rings (SSSR count). The smallest absolute Gasteiger partial charge is 0.165 e. The maximum absolute atomic E-state index is 5.92. The van der Waals surface area contributed by atoms with Crippen LogP contribution in [0.5, 0.6) is 0 Å². The molecule has 2 aliphatic rings. The van der Waals surface area contributed by atoms with Gasteiger partial charge in [0, 0.05) is 29.4 Å². The quantitative estimate of drug-likeness (QED) is 0.712. The minimum absolute atomic E-state index is 0.736. The summed E-state index contributed by atoms with van der Waals surface area (Å²) >= 11 is 1.82. The molecule has 0 spiro atoms. The van der Waals surface area contributed by atoms with Gasteiger partial charge >= 0.3 is 0 Å². The Hall–Kier alpha value is -2.05. The molecule has 6 heteroatoms. The van der Waals surface area contributed by atoms with Crippen LogP contribution >= 0.6 is 11.3 Å². The van der Waals surface area contributed by atoms with Gasteiger partial charge in [-0.3, -0.25) is 9.82 Å². The SMILES string of the molecule is c1cncc(-c2nc(N3CCCCO3)c3c4c(sc3n2)CCC4)c1. The Morgan fingerprint density at radius 3 is 2.96 bits per heavy atom. The lowest BCUT2D eigenvalue weighted by molar-refractivity contribution is 0.0767. The molecule has 0 aromatic carbocycles. The highest BCUT2D eigenvalue weighted by atomic mass is 32.1. The van der Waals surface area contributed by atoms with Crippen molar-refractivity contribution in [3.8, 4) is 11.4 Å². The van der Waals surface area contributed by atoms with Crippen molar-refractivity contribution in [1.82, 2.24) is 15.0 Å². The van der Waals surface area contributed by atoms with Gasteiger partial charge in [-0.2, -0.15) is 0 Å². The van der Waals surface area contributed by atoms with Crippen molar-refractivity contribution in [2.75, 3.05) is 18.2 Å². The zero-order chi connectivity index (χ0) is 15.9. The number of thiophene rings is 1. The second-order valence-corrected chi connectivity index (χ2v) is 7.38. The lowest BCUT2D eigenvalue weighted by Crippen LogP contribution is -2.31. The number of anilines is 1. The van der Waals surface area contributed by atoms with Gasteiger partial charge in [0.1, 0.15) is 4.83 Å². The summed E-state index contributed by atoms with van der Waals surface area (Å²) < 4.78 is 0. The van der Waals surface area contributed by atoms with Gasteiger partial charge in [-0.05, 0) is 49.8 Å². The topological polar surface area (TPSA) is 51.1 Å². The first-order valence-corrected chi connectivity index (χ1v) is 9.35. The summed E-state index contributed by atoms with van der Waals surface area (Å²) in [6.07, 6.45) is 9.38. The maximum atomic E-state index is 5.92. The van der Waals surface area contributed by atoms with E-state index in [-0.39, 0.29) is 0 Å². The van der Waals surface area contributed by atoms with Crippen LogP contribution in [0, 0.1) is 0 Å². The number of hydrogen-bond donors (Lipinski definition) is 0. The molecule has 122 valence electrons. The maximum Gasteiger partial charge on any atom is 0.165 e. The van der Waals surface area contributed by atoms with Gasteiger partial charge in [0.2, 0.25) is 0 Å². The van der Waals surface area contributed by atoms with E-state index in [1.54, 1.807) is 6.20 Å². The fourth-order valence-electron chi connectivity index (χ4n) is 3.55. The summed E-state index contributed by atoms with van der Waals surface area (Å²) in [5.41, 5.74) is 2.39. The Morgan fingerprint density at radius 2 is 2.12 bits per heavy atom. The summed E-state index contributed by atoms with van der Waals surface area (Å²) in [7, 11) is 0. The molecule has 0 atom stereocenters. The largest absolute Gasteiger partial charge is 0.272 e. The second kappa shape index (κ2) is 5.79. The van der Waals surface area contributed by atoms with Crippen LogP contribution in [-0.4, -0.2) is 28.1 Å². The van der Waals surface area contributed by atoms with Crippen LogP contribution in [-0.2, 0) is 17.7 Å². The zero-order valence-electron chi connectivity index (χ0n) is 13.4. The Bertz CT molecular complexity index is 887. The number of hydroxylamine groups is 1. The third-order valence-corrected chi connectivity index (χ3v) is 5.89. The molecule has 1 aliphatic heterocycles. The number of fused-ring (bicyclic) bond motifs is 3. The Labute approximate surface area is 144 Å². The van der Waals surface area contributed by atoms with Crippen molar-refractivity contribution in [1.29, 1.82) is 0 Å². The van der Waals surface area contributed by atoms with Crippen molar-refractivity contribution in [2.45, 2.75) is 32.1 Å². The number of hydrogen-bond acceptors (Lipinski definition) is 6. The van der Waals surface area contributed by atoms with E-state index in [0.29, 0.717) is 0 Å². The molecule has 0 unspecified atom stereocenters. The van der Waals surface area contributed by atoms with E-state index in [9.17, 15) is 0 Å². The van der Waals surface area contributed by atoms with Crippen molar-refractivity contribution < 1.29 is 4.84 Å². The Balaban J connectivity index is 1.73. The summed E-state index contributed by atoms with van der Waals surface area (Å²) in [6.45, 7) is 1.66. The standard InChI is InChI=1S/C18H18N4OS/c1-2-10-23-22(9-1)17-15-13-6-3-7-14(13)24-18(15)21-16(20-17)12-5-4-8-19-11-12/h4-5,8,11H,1-3,6-7,9-10H2. The highest BCUT2D eigenvalue weighted by Gasteiger charge is 2.26. The minimum atomic E-state index is 0.736.